The molecule has 116 valence electrons. The van der Waals surface area contributed by atoms with Crippen LogP contribution in [-0.4, -0.2) is 26.1 Å². The van der Waals surface area contributed by atoms with Crippen LogP contribution in [0.4, 0.5) is 0 Å². The summed E-state index contributed by atoms with van der Waals surface area (Å²) in [5, 5.41) is 0. The first kappa shape index (κ1) is 16.5. The Morgan fingerprint density at radius 2 is 1.81 bits per heavy atom. The van der Waals surface area contributed by atoms with Gasteiger partial charge in [-0.25, -0.2) is 0 Å². The average Bonchev–Trinajstić information content (AvgIpc) is 2.81. The summed E-state index contributed by atoms with van der Waals surface area (Å²) in [6.45, 7) is 9.67. The fraction of sp³-hybridized carbons (Fsp3) is 0.588. The summed E-state index contributed by atoms with van der Waals surface area (Å²) in [6.07, 6.45) is 0. The summed E-state index contributed by atoms with van der Waals surface area (Å²) in [7, 11) is 1.64. The quantitative estimate of drug-likeness (QED) is 0.563. The summed E-state index contributed by atoms with van der Waals surface area (Å²) < 4.78 is 11.3. The van der Waals surface area contributed by atoms with E-state index in [4.69, 9.17) is 9.47 Å². The normalized spacial score (nSPS) is 19.3. The minimum Gasteiger partial charge on any atom is -0.490 e. The van der Waals surface area contributed by atoms with Crippen LogP contribution in [0.2, 0.25) is 0 Å². The molecule has 1 aromatic rings. The highest BCUT2D eigenvalue weighted by atomic mass is 79.9. The second-order valence-corrected chi connectivity index (χ2v) is 7.58. The molecule has 0 bridgehead atoms. The highest BCUT2D eigenvalue weighted by molar-refractivity contribution is 9.10. The molecular weight excluding hydrogens is 332 g/mol. The van der Waals surface area contributed by atoms with Crippen molar-refractivity contribution in [2.45, 2.75) is 27.7 Å². The van der Waals surface area contributed by atoms with E-state index in [1.165, 1.54) is 0 Å². The van der Waals surface area contributed by atoms with Crippen molar-refractivity contribution >= 4 is 21.7 Å². The molecule has 0 aliphatic heterocycles. The lowest BCUT2D eigenvalue weighted by atomic mass is 10.0. The Balaban J connectivity index is 2.12. The SMILES string of the molecule is COCCOc1ccc(C(=O)C2C(C)(C)C2(C)C)cc1Br. The lowest BCUT2D eigenvalue weighted by Gasteiger charge is -2.09. The number of hydrogen-bond donors (Lipinski definition) is 0. The van der Waals surface area contributed by atoms with Gasteiger partial charge in [0.1, 0.15) is 12.4 Å². The van der Waals surface area contributed by atoms with Crippen LogP contribution in [-0.2, 0) is 4.74 Å². The maximum atomic E-state index is 12.7. The lowest BCUT2D eigenvalue weighted by molar-refractivity contribution is 0.0945. The van der Waals surface area contributed by atoms with Gasteiger partial charge in [0.15, 0.2) is 5.78 Å². The Morgan fingerprint density at radius 1 is 1.19 bits per heavy atom. The molecule has 0 aromatic heterocycles. The van der Waals surface area contributed by atoms with Gasteiger partial charge in [0.2, 0.25) is 0 Å². The molecule has 0 amide bonds. The standard InChI is InChI=1S/C17H23BrO3/c1-16(2)15(17(16,3)4)14(19)11-6-7-13(12(18)10-11)21-9-8-20-5/h6-7,10,15H,8-9H2,1-5H3. The minimum atomic E-state index is 0.0597. The molecule has 1 saturated carbocycles. The van der Waals surface area contributed by atoms with Crippen LogP contribution in [0, 0.1) is 16.7 Å². The highest BCUT2D eigenvalue weighted by Crippen LogP contribution is 2.69. The summed E-state index contributed by atoms with van der Waals surface area (Å²) in [5.41, 5.74) is 0.860. The van der Waals surface area contributed by atoms with Crippen LogP contribution in [0.15, 0.2) is 22.7 Å². The topological polar surface area (TPSA) is 35.5 Å². The first-order valence-corrected chi connectivity index (χ1v) is 7.98. The largest absolute Gasteiger partial charge is 0.490 e. The maximum Gasteiger partial charge on any atom is 0.167 e. The van der Waals surface area contributed by atoms with E-state index in [9.17, 15) is 4.79 Å². The first-order valence-electron chi connectivity index (χ1n) is 7.19. The zero-order valence-corrected chi connectivity index (χ0v) is 14.9. The summed E-state index contributed by atoms with van der Waals surface area (Å²) in [6, 6.07) is 5.55. The molecule has 4 heteroatoms. The van der Waals surface area contributed by atoms with Gasteiger partial charge in [-0.3, -0.25) is 4.79 Å². The summed E-state index contributed by atoms with van der Waals surface area (Å²) >= 11 is 3.48. The van der Waals surface area contributed by atoms with Gasteiger partial charge in [0.25, 0.3) is 0 Å². The Hall–Kier alpha value is -0.870. The Bertz CT molecular complexity index is 535. The second-order valence-electron chi connectivity index (χ2n) is 6.73. The van der Waals surface area contributed by atoms with Crippen LogP contribution in [0.25, 0.3) is 0 Å². The number of carbonyl (C=O) groups is 1. The predicted octanol–water partition coefficient (Wildman–Crippen LogP) is 4.34. The first-order chi connectivity index (χ1) is 9.73. The third kappa shape index (κ3) is 2.88. The molecule has 1 aromatic carbocycles. The molecule has 0 radical (unpaired) electrons. The number of benzene rings is 1. The van der Waals surface area contributed by atoms with E-state index >= 15 is 0 Å². The fourth-order valence-electron chi connectivity index (χ4n) is 3.02. The number of methoxy groups -OCH3 is 1. The van der Waals surface area contributed by atoms with Crippen LogP contribution in [0.1, 0.15) is 38.1 Å². The van der Waals surface area contributed by atoms with Gasteiger partial charge in [-0.2, -0.15) is 0 Å². The number of halogens is 1. The van der Waals surface area contributed by atoms with Gasteiger partial charge in [-0.15, -0.1) is 0 Å². The van der Waals surface area contributed by atoms with Crippen molar-refractivity contribution < 1.29 is 14.3 Å². The molecule has 21 heavy (non-hydrogen) atoms. The van der Waals surface area contributed by atoms with Crippen LogP contribution in [0.3, 0.4) is 0 Å². The number of carbonyl (C=O) groups excluding carboxylic acids is 1. The molecule has 0 atom stereocenters. The molecule has 0 heterocycles. The molecule has 0 unspecified atom stereocenters. The summed E-state index contributed by atoms with van der Waals surface area (Å²) in [5.74, 6) is 1.03. The minimum absolute atomic E-state index is 0.0597. The number of rotatable bonds is 6. The third-order valence-corrected chi connectivity index (χ3v) is 5.66. The lowest BCUT2D eigenvalue weighted by Crippen LogP contribution is -2.08. The molecule has 1 aliphatic carbocycles. The van der Waals surface area contributed by atoms with E-state index in [2.05, 4.69) is 43.6 Å². The molecule has 0 saturated heterocycles. The molecule has 3 nitrogen and oxygen atoms in total. The van der Waals surface area contributed by atoms with E-state index in [1.807, 2.05) is 18.2 Å². The summed E-state index contributed by atoms with van der Waals surface area (Å²) in [4.78, 5) is 12.7. The van der Waals surface area contributed by atoms with Gasteiger partial charge in [0.05, 0.1) is 11.1 Å². The average molecular weight is 355 g/mol. The van der Waals surface area contributed by atoms with Crippen molar-refractivity contribution in [1.82, 2.24) is 0 Å². The highest BCUT2D eigenvalue weighted by Gasteiger charge is 2.67. The molecule has 0 N–H and O–H groups in total. The van der Waals surface area contributed by atoms with Crippen molar-refractivity contribution in [2.75, 3.05) is 20.3 Å². The van der Waals surface area contributed by atoms with E-state index in [1.54, 1.807) is 7.11 Å². The molecule has 1 aliphatic rings. The molecule has 0 spiro atoms. The van der Waals surface area contributed by atoms with Crippen molar-refractivity contribution in [3.8, 4) is 5.75 Å². The van der Waals surface area contributed by atoms with Gasteiger partial charge in [-0.05, 0) is 45.0 Å². The maximum absolute atomic E-state index is 12.7. The predicted molar refractivity (Wildman–Crippen MR) is 86.9 cm³/mol. The van der Waals surface area contributed by atoms with Crippen molar-refractivity contribution in [2.24, 2.45) is 16.7 Å². The zero-order valence-electron chi connectivity index (χ0n) is 13.3. The van der Waals surface area contributed by atoms with Crippen molar-refractivity contribution in [3.05, 3.63) is 28.2 Å². The van der Waals surface area contributed by atoms with Crippen LogP contribution in [0.5, 0.6) is 5.75 Å². The van der Waals surface area contributed by atoms with Crippen molar-refractivity contribution in [1.29, 1.82) is 0 Å². The number of hydrogen-bond acceptors (Lipinski definition) is 3. The van der Waals surface area contributed by atoms with E-state index < -0.39 is 0 Å². The van der Waals surface area contributed by atoms with Crippen molar-refractivity contribution in [3.63, 3.8) is 0 Å². The number of Topliss-reactive ketones (excluding diaryl/α,β-unsaturated/α-hetero) is 1. The molecule has 1 fully saturated rings. The Morgan fingerprint density at radius 3 is 2.29 bits per heavy atom. The smallest absolute Gasteiger partial charge is 0.167 e. The van der Waals surface area contributed by atoms with E-state index in [0.29, 0.717) is 13.2 Å². The molecular formula is C17H23BrO3. The van der Waals surface area contributed by atoms with Crippen LogP contribution < -0.4 is 4.74 Å². The second kappa shape index (κ2) is 5.73. The van der Waals surface area contributed by atoms with Crippen LogP contribution >= 0.6 is 15.9 Å². The van der Waals surface area contributed by atoms with Gasteiger partial charge >= 0.3 is 0 Å². The Kier molecular flexibility index (Phi) is 4.50. The van der Waals surface area contributed by atoms with Gasteiger partial charge in [0, 0.05) is 18.6 Å². The fourth-order valence-corrected chi connectivity index (χ4v) is 3.52. The Labute approximate surface area is 135 Å². The van der Waals surface area contributed by atoms with Gasteiger partial charge < -0.3 is 9.47 Å². The zero-order chi connectivity index (χ0) is 15.8. The van der Waals surface area contributed by atoms with E-state index in [0.717, 1.165) is 15.8 Å². The van der Waals surface area contributed by atoms with E-state index in [-0.39, 0.29) is 22.5 Å². The number of ether oxygens (including phenoxy) is 2. The molecule has 2 rings (SSSR count). The van der Waals surface area contributed by atoms with Gasteiger partial charge in [-0.1, -0.05) is 27.7 Å². The monoisotopic (exact) mass is 354 g/mol. The number of ketones is 1. The third-order valence-electron chi connectivity index (χ3n) is 5.04.